The lowest BCUT2D eigenvalue weighted by Gasteiger charge is -2.29. The highest BCUT2D eigenvalue weighted by Crippen LogP contribution is 2.13. The van der Waals surface area contributed by atoms with Gasteiger partial charge in [-0.1, -0.05) is 0 Å². The van der Waals surface area contributed by atoms with Gasteiger partial charge in [0.25, 0.3) is 0 Å². The van der Waals surface area contributed by atoms with Gasteiger partial charge < -0.3 is 54.6 Å². The van der Waals surface area contributed by atoms with Crippen LogP contribution in [0.5, 0.6) is 0 Å². The SMILES string of the molecule is O=C([O-])CC(O)(CC(=O)[O-])C(=O)[O-].O=C([O-])CCCC(=O)[O-]. The maximum Gasteiger partial charge on any atom is 0.114 e. The lowest BCUT2D eigenvalue weighted by molar-refractivity contribution is -0.339. The van der Waals surface area contributed by atoms with Crippen molar-refractivity contribution in [3.05, 3.63) is 0 Å². The Kier molecular flexibility index (Phi) is 9.92. The molecule has 0 saturated heterocycles. The minimum Gasteiger partial charge on any atom is -0.550 e. The van der Waals surface area contributed by atoms with Gasteiger partial charge in [-0.2, -0.15) is 0 Å². The third-order valence-corrected chi connectivity index (χ3v) is 2.02. The first kappa shape index (κ1) is 21.6. The van der Waals surface area contributed by atoms with Crippen molar-refractivity contribution in [1.29, 1.82) is 0 Å². The van der Waals surface area contributed by atoms with Crippen molar-refractivity contribution >= 4 is 29.8 Å². The first-order valence-electron chi connectivity index (χ1n) is 5.64. The van der Waals surface area contributed by atoms with Gasteiger partial charge in [0.1, 0.15) is 5.60 Å². The van der Waals surface area contributed by atoms with E-state index in [1.165, 1.54) is 0 Å². The van der Waals surface area contributed by atoms with Crippen LogP contribution in [0.1, 0.15) is 32.1 Å². The molecule has 0 saturated carbocycles. The third-order valence-electron chi connectivity index (χ3n) is 2.02. The van der Waals surface area contributed by atoms with Gasteiger partial charge in [0.2, 0.25) is 0 Å². The Balaban J connectivity index is 0. The second-order valence-electron chi connectivity index (χ2n) is 4.01. The van der Waals surface area contributed by atoms with E-state index in [9.17, 15) is 49.5 Å². The summed E-state index contributed by atoms with van der Waals surface area (Å²) in [6, 6.07) is 0. The molecule has 0 aromatic heterocycles. The average molecular weight is 319 g/mol. The number of hydrogen-bond donors (Lipinski definition) is 1. The summed E-state index contributed by atoms with van der Waals surface area (Å²) in [6.07, 6.45) is -3.06. The van der Waals surface area contributed by atoms with E-state index in [1.54, 1.807) is 0 Å². The molecule has 11 nitrogen and oxygen atoms in total. The van der Waals surface area contributed by atoms with E-state index in [0.29, 0.717) is 0 Å². The van der Waals surface area contributed by atoms with Crippen molar-refractivity contribution in [2.24, 2.45) is 0 Å². The van der Waals surface area contributed by atoms with Crippen LogP contribution in [0.4, 0.5) is 0 Å². The maximum absolute atomic E-state index is 10.1. The van der Waals surface area contributed by atoms with Crippen LogP contribution in [-0.2, 0) is 24.0 Å². The number of aliphatic carboxylic acids is 5. The number of aliphatic hydroxyl groups is 1. The van der Waals surface area contributed by atoms with Crippen LogP contribution < -0.4 is 25.5 Å². The fourth-order valence-corrected chi connectivity index (χ4v) is 1.06. The molecule has 22 heavy (non-hydrogen) atoms. The zero-order valence-electron chi connectivity index (χ0n) is 11.1. The van der Waals surface area contributed by atoms with E-state index >= 15 is 0 Å². The van der Waals surface area contributed by atoms with Gasteiger partial charge >= 0.3 is 0 Å². The topological polar surface area (TPSA) is 221 Å². The summed E-state index contributed by atoms with van der Waals surface area (Å²) in [7, 11) is 0. The molecule has 11 heteroatoms. The Morgan fingerprint density at radius 1 is 0.682 bits per heavy atom. The molecule has 0 rings (SSSR count). The predicted molar refractivity (Wildman–Crippen MR) is 53.1 cm³/mol. The number of carboxylic acid groups (broad SMARTS) is 5. The number of carboxylic acids is 5. The average Bonchev–Trinajstić information content (AvgIpc) is 2.25. The van der Waals surface area contributed by atoms with Gasteiger partial charge in [0, 0.05) is 36.7 Å². The van der Waals surface area contributed by atoms with Crippen molar-refractivity contribution in [2.45, 2.75) is 37.7 Å². The van der Waals surface area contributed by atoms with Gasteiger partial charge in [-0.3, -0.25) is 0 Å². The molecule has 0 aliphatic rings. The molecule has 0 aliphatic carbocycles. The Labute approximate surface area is 123 Å². The first-order chi connectivity index (χ1) is 9.90. The summed E-state index contributed by atoms with van der Waals surface area (Å²) in [4.78, 5) is 49.3. The van der Waals surface area contributed by atoms with Crippen molar-refractivity contribution in [1.82, 2.24) is 0 Å². The third kappa shape index (κ3) is 12.3. The Bertz CT molecular complexity index is 409. The predicted octanol–water partition coefficient (Wildman–Crippen LogP) is -7.60. The fraction of sp³-hybridized carbons (Fsp3) is 0.545. The second kappa shape index (κ2) is 10.1. The summed E-state index contributed by atoms with van der Waals surface area (Å²) in [5, 5.41) is 58.2. The van der Waals surface area contributed by atoms with E-state index in [2.05, 4.69) is 0 Å². The zero-order valence-corrected chi connectivity index (χ0v) is 11.1. The summed E-state index contributed by atoms with van der Waals surface area (Å²) < 4.78 is 0. The fourth-order valence-electron chi connectivity index (χ4n) is 1.06. The normalized spacial score (nSPS) is 10.0. The molecule has 126 valence electrons. The summed E-state index contributed by atoms with van der Waals surface area (Å²) in [6.45, 7) is 0. The molecule has 0 aliphatic heterocycles. The molecular weight excluding hydrogens is 308 g/mol. The van der Waals surface area contributed by atoms with Gasteiger partial charge in [-0.15, -0.1) is 0 Å². The minimum absolute atomic E-state index is 0.0880. The number of rotatable bonds is 9. The molecule has 0 heterocycles. The van der Waals surface area contributed by atoms with E-state index in [1.807, 2.05) is 0 Å². The Morgan fingerprint density at radius 2 is 1.00 bits per heavy atom. The molecule has 0 atom stereocenters. The Hall–Kier alpha value is -2.69. The molecule has 0 bridgehead atoms. The van der Waals surface area contributed by atoms with Crippen LogP contribution in [0.3, 0.4) is 0 Å². The van der Waals surface area contributed by atoms with E-state index < -0.39 is 48.3 Å². The molecular formula is C11H11O11-5. The molecule has 1 N–H and O–H groups in total. The molecule has 0 spiro atoms. The molecule has 0 unspecified atom stereocenters. The zero-order chi connectivity index (χ0) is 17.9. The number of carbonyl (C=O) groups is 5. The quantitative estimate of drug-likeness (QED) is 0.420. The van der Waals surface area contributed by atoms with Gasteiger partial charge in [-0.25, -0.2) is 0 Å². The van der Waals surface area contributed by atoms with Crippen LogP contribution in [0.2, 0.25) is 0 Å². The summed E-state index contributed by atoms with van der Waals surface area (Å²) in [5.74, 6) is -8.44. The van der Waals surface area contributed by atoms with E-state index in [4.69, 9.17) is 5.11 Å². The van der Waals surface area contributed by atoms with E-state index in [0.717, 1.165) is 0 Å². The van der Waals surface area contributed by atoms with Crippen LogP contribution in [0.15, 0.2) is 0 Å². The van der Waals surface area contributed by atoms with Crippen molar-refractivity contribution in [2.75, 3.05) is 0 Å². The van der Waals surface area contributed by atoms with Crippen LogP contribution in [0, 0.1) is 0 Å². The Morgan fingerprint density at radius 3 is 1.18 bits per heavy atom. The van der Waals surface area contributed by atoms with Gasteiger partial charge in [-0.05, 0) is 19.3 Å². The molecule has 0 amide bonds. The maximum atomic E-state index is 10.1. The highest BCUT2D eigenvalue weighted by atomic mass is 16.4. The first-order valence-corrected chi connectivity index (χ1v) is 5.64. The lowest BCUT2D eigenvalue weighted by atomic mass is 9.96. The van der Waals surface area contributed by atoms with Crippen molar-refractivity contribution in [3.63, 3.8) is 0 Å². The second-order valence-corrected chi connectivity index (χ2v) is 4.01. The molecule has 0 fully saturated rings. The summed E-state index contributed by atoms with van der Waals surface area (Å²) in [5.41, 5.74) is -2.97. The van der Waals surface area contributed by atoms with E-state index in [-0.39, 0.29) is 19.3 Å². The van der Waals surface area contributed by atoms with Gasteiger partial charge in [0.15, 0.2) is 0 Å². The van der Waals surface area contributed by atoms with Crippen LogP contribution in [-0.4, -0.2) is 40.6 Å². The standard InChI is InChI=1S/C6H8O7.C5H8O4/c7-3(8)1-6(13,5(11)12)2-4(9)10;6-4(7)2-1-3-5(8)9/h13H,1-2H2,(H,7,8)(H,9,10)(H,11,12);1-3H2,(H,6,7)(H,8,9)/p-5. The van der Waals surface area contributed by atoms with Crippen LogP contribution in [0.25, 0.3) is 0 Å². The smallest absolute Gasteiger partial charge is 0.114 e. The largest absolute Gasteiger partial charge is 0.550 e. The van der Waals surface area contributed by atoms with Crippen LogP contribution >= 0.6 is 0 Å². The number of carbonyl (C=O) groups excluding carboxylic acids is 5. The van der Waals surface area contributed by atoms with Crippen molar-refractivity contribution < 1.29 is 54.6 Å². The molecule has 0 radical (unpaired) electrons. The highest BCUT2D eigenvalue weighted by molar-refractivity contribution is 5.86. The number of hydrogen-bond acceptors (Lipinski definition) is 11. The highest BCUT2D eigenvalue weighted by Gasteiger charge is 2.29. The van der Waals surface area contributed by atoms with Gasteiger partial charge in [0.05, 0.1) is 5.97 Å². The monoisotopic (exact) mass is 319 g/mol. The summed E-state index contributed by atoms with van der Waals surface area (Å²) >= 11 is 0. The van der Waals surface area contributed by atoms with Crippen molar-refractivity contribution in [3.8, 4) is 0 Å². The minimum atomic E-state index is -2.97. The molecule has 0 aromatic carbocycles. The molecule has 0 aromatic rings. The lowest BCUT2D eigenvalue weighted by Crippen LogP contribution is -2.54.